The quantitative estimate of drug-likeness (QED) is 0.342. The largest absolute Gasteiger partial charge is 0.385 e. The maximum absolute atomic E-state index is 5.69. The van der Waals surface area contributed by atoms with Crippen molar-refractivity contribution in [3.8, 4) is 0 Å². The van der Waals surface area contributed by atoms with Crippen molar-refractivity contribution in [2.24, 2.45) is 10.4 Å². The van der Waals surface area contributed by atoms with Gasteiger partial charge in [0.05, 0.1) is 19.3 Å². The van der Waals surface area contributed by atoms with Crippen LogP contribution in [0.3, 0.4) is 0 Å². The van der Waals surface area contributed by atoms with Gasteiger partial charge in [0.1, 0.15) is 0 Å². The van der Waals surface area contributed by atoms with E-state index in [-0.39, 0.29) is 0 Å². The number of guanidine groups is 1. The smallest absolute Gasteiger partial charge is 0.191 e. The molecule has 2 fully saturated rings. The van der Waals surface area contributed by atoms with E-state index in [1.807, 2.05) is 0 Å². The molecule has 0 aromatic heterocycles. The highest BCUT2D eigenvalue weighted by atomic mass is 16.5. The van der Waals surface area contributed by atoms with Crippen molar-refractivity contribution in [3.05, 3.63) is 0 Å². The minimum atomic E-state index is 0.297. The molecule has 0 bridgehead atoms. The fraction of sp³-hybridized carbons (Fsp3) is 0.944. The molecule has 1 heterocycles. The molecule has 0 radical (unpaired) electrons. The molecule has 0 amide bonds. The lowest BCUT2D eigenvalue weighted by Gasteiger charge is -2.40. The maximum Gasteiger partial charge on any atom is 0.191 e. The molecule has 0 aromatic carbocycles. The number of nitrogens with zero attached hydrogens (tertiary/aromatic N) is 1. The van der Waals surface area contributed by atoms with E-state index >= 15 is 0 Å². The van der Waals surface area contributed by atoms with Crippen molar-refractivity contribution < 1.29 is 14.2 Å². The van der Waals surface area contributed by atoms with Gasteiger partial charge in [0.15, 0.2) is 5.96 Å². The topological polar surface area (TPSA) is 64.1 Å². The van der Waals surface area contributed by atoms with Gasteiger partial charge >= 0.3 is 0 Å². The van der Waals surface area contributed by atoms with Gasteiger partial charge in [-0.05, 0) is 44.4 Å². The van der Waals surface area contributed by atoms with E-state index in [0.29, 0.717) is 24.7 Å². The van der Waals surface area contributed by atoms with Gasteiger partial charge in [0, 0.05) is 40.0 Å². The third kappa shape index (κ3) is 6.57. The van der Waals surface area contributed by atoms with Crippen molar-refractivity contribution in [2.75, 3.05) is 53.2 Å². The van der Waals surface area contributed by atoms with Crippen molar-refractivity contribution in [3.63, 3.8) is 0 Å². The van der Waals surface area contributed by atoms with Gasteiger partial charge in [-0.3, -0.25) is 4.99 Å². The summed E-state index contributed by atoms with van der Waals surface area (Å²) in [7, 11) is 1.78. The van der Waals surface area contributed by atoms with Crippen LogP contribution in [-0.4, -0.2) is 65.2 Å². The highest BCUT2D eigenvalue weighted by Gasteiger charge is 2.36. The van der Waals surface area contributed by atoms with Gasteiger partial charge in [-0.2, -0.15) is 0 Å². The van der Waals surface area contributed by atoms with E-state index in [4.69, 9.17) is 19.2 Å². The summed E-state index contributed by atoms with van der Waals surface area (Å²) in [4.78, 5) is 4.79. The molecule has 1 saturated heterocycles. The zero-order valence-electron chi connectivity index (χ0n) is 15.4. The lowest BCUT2D eigenvalue weighted by molar-refractivity contribution is 0.0191. The molecule has 24 heavy (non-hydrogen) atoms. The molecule has 1 atom stereocenters. The monoisotopic (exact) mass is 341 g/mol. The van der Waals surface area contributed by atoms with Gasteiger partial charge in [-0.15, -0.1) is 0 Å². The Hall–Kier alpha value is -0.850. The van der Waals surface area contributed by atoms with Crippen LogP contribution in [0.5, 0.6) is 0 Å². The first kappa shape index (κ1) is 19.5. The third-order valence-electron chi connectivity index (χ3n) is 5.03. The molecule has 0 spiro atoms. The predicted molar refractivity (Wildman–Crippen MR) is 96.6 cm³/mol. The number of methoxy groups -OCH3 is 1. The number of nitrogens with one attached hydrogen (secondary N) is 2. The first-order valence-corrected chi connectivity index (χ1v) is 9.48. The van der Waals surface area contributed by atoms with Crippen molar-refractivity contribution in [1.29, 1.82) is 0 Å². The van der Waals surface area contributed by atoms with Crippen molar-refractivity contribution in [1.82, 2.24) is 10.6 Å². The van der Waals surface area contributed by atoms with Crippen LogP contribution >= 0.6 is 0 Å². The van der Waals surface area contributed by atoms with Crippen LogP contribution in [-0.2, 0) is 14.2 Å². The standard InChI is InChI=1S/C18H35N3O3/c1-3-19-17(20-10-13-23-14-16-6-4-11-24-16)21-15-18(7-5-8-18)9-12-22-2/h16H,3-15H2,1-2H3,(H2,19,20,21). The molecule has 2 rings (SSSR count). The molecular formula is C18H35N3O3. The zero-order valence-corrected chi connectivity index (χ0v) is 15.4. The molecule has 1 unspecified atom stereocenters. The van der Waals surface area contributed by atoms with E-state index in [2.05, 4.69) is 17.6 Å². The molecule has 0 aromatic rings. The van der Waals surface area contributed by atoms with Gasteiger partial charge in [0.2, 0.25) is 0 Å². The molecule has 140 valence electrons. The van der Waals surface area contributed by atoms with Crippen molar-refractivity contribution in [2.45, 2.75) is 51.6 Å². The van der Waals surface area contributed by atoms with E-state index in [1.54, 1.807) is 7.11 Å². The fourth-order valence-electron chi connectivity index (χ4n) is 3.30. The maximum atomic E-state index is 5.69. The SMILES string of the molecule is CCNC(=NCC1(CCOC)CCC1)NCCOCC1CCCO1. The first-order valence-electron chi connectivity index (χ1n) is 9.48. The van der Waals surface area contributed by atoms with Gasteiger partial charge in [-0.1, -0.05) is 6.42 Å². The Balaban J connectivity index is 1.65. The summed E-state index contributed by atoms with van der Waals surface area (Å²) in [5.41, 5.74) is 0.356. The summed E-state index contributed by atoms with van der Waals surface area (Å²) < 4.78 is 16.5. The Kier molecular flexibility index (Phi) is 8.84. The normalized spacial score (nSPS) is 23.1. The average Bonchev–Trinajstić information content (AvgIpc) is 3.06. The summed E-state index contributed by atoms with van der Waals surface area (Å²) in [6, 6.07) is 0. The molecule has 2 N–H and O–H groups in total. The summed E-state index contributed by atoms with van der Waals surface area (Å²) in [5.74, 6) is 0.891. The first-order chi connectivity index (χ1) is 11.8. The Labute approximate surface area is 146 Å². The fourth-order valence-corrected chi connectivity index (χ4v) is 3.30. The van der Waals surface area contributed by atoms with Crippen LogP contribution in [0, 0.1) is 5.41 Å². The number of aliphatic imine (C=N–C) groups is 1. The lowest BCUT2D eigenvalue weighted by atomic mass is 9.67. The Morgan fingerprint density at radius 2 is 2.12 bits per heavy atom. The summed E-state index contributed by atoms with van der Waals surface area (Å²) >= 11 is 0. The molecule has 6 nitrogen and oxygen atoms in total. The summed E-state index contributed by atoms with van der Waals surface area (Å²) in [6.45, 7) is 7.70. The predicted octanol–water partition coefficient (Wildman–Crippen LogP) is 1.94. The van der Waals surface area contributed by atoms with Gasteiger partial charge < -0.3 is 24.8 Å². The van der Waals surface area contributed by atoms with Crippen LogP contribution in [0.1, 0.15) is 45.4 Å². The van der Waals surface area contributed by atoms with E-state index in [0.717, 1.165) is 58.1 Å². The number of hydrogen-bond donors (Lipinski definition) is 2. The lowest BCUT2D eigenvalue weighted by Crippen LogP contribution is -2.41. The number of rotatable bonds is 11. The van der Waals surface area contributed by atoms with Crippen LogP contribution in [0.25, 0.3) is 0 Å². The van der Waals surface area contributed by atoms with Crippen LogP contribution in [0.15, 0.2) is 4.99 Å². The van der Waals surface area contributed by atoms with Gasteiger partial charge in [-0.25, -0.2) is 0 Å². The van der Waals surface area contributed by atoms with Crippen LogP contribution in [0.2, 0.25) is 0 Å². The van der Waals surface area contributed by atoms with Crippen LogP contribution in [0.4, 0.5) is 0 Å². The van der Waals surface area contributed by atoms with E-state index < -0.39 is 0 Å². The number of hydrogen-bond acceptors (Lipinski definition) is 4. The zero-order chi connectivity index (χ0) is 17.1. The second kappa shape index (κ2) is 10.9. The Bertz CT molecular complexity index is 367. The second-order valence-electron chi connectivity index (χ2n) is 6.93. The highest BCUT2D eigenvalue weighted by Crippen LogP contribution is 2.44. The number of ether oxygens (including phenoxy) is 3. The molecule has 2 aliphatic rings. The highest BCUT2D eigenvalue weighted by molar-refractivity contribution is 5.79. The minimum absolute atomic E-state index is 0.297. The Morgan fingerprint density at radius 3 is 2.75 bits per heavy atom. The summed E-state index contributed by atoms with van der Waals surface area (Å²) in [6.07, 6.45) is 7.55. The van der Waals surface area contributed by atoms with Crippen molar-refractivity contribution >= 4 is 5.96 Å². The molecule has 1 aliphatic heterocycles. The average molecular weight is 341 g/mol. The molecule has 1 saturated carbocycles. The molecule has 1 aliphatic carbocycles. The second-order valence-corrected chi connectivity index (χ2v) is 6.93. The van der Waals surface area contributed by atoms with Gasteiger partial charge in [0.25, 0.3) is 0 Å². The molecular weight excluding hydrogens is 306 g/mol. The molecule has 6 heteroatoms. The third-order valence-corrected chi connectivity index (χ3v) is 5.03. The Morgan fingerprint density at radius 1 is 1.25 bits per heavy atom. The summed E-state index contributed by atoms with van der Waals surface area (Å²) in [5, 5.41) is 6.68. The minimum Gasteiger partial charge on any atom is -0.385 e. The van der Waals surface area contributed by atoms with E-state index in [9.17, 15) is 0 Å². The van der Waals surface area contributed by atoms with Crippen LogP contribution < -0.4 is 10.6 Å². The van der Waals surface area contributed by atoms with E-state index in [1.165, 1.54) is 19.3 Å².